The number of ether oxygens (including phenoxy) is 1. The summed E-state index contributed by atoms with van der Waals surface area (Å²) in [5.74, 6) is 1.82. The summed E-state index contributed by atoms with van der Waals surface area (Å²) in [6, 6.07) is 10.4. The van der Waals surface area contributed by atoms with E-state index in [1.165, 1.54) is 5.69 Å². The van der Waals surface area contributed by atoms with Crippen molar-refractivity contribution in [3.8, 4) is 5.88 Å². The van der Waals surface area contributed by atoms with E-state index in [2.05, 4.69) is 44.4 Å². The molecule has 6 heteroatoms. The molecule has 1 fully saturated rings. The minimum Gasteiger partial charge on any atom is -0.476 e. The van der Waals surface area contributed by atoms with Gasteiger partial charge in [-0.2, -0.15) is 4.98 Å². The number of anilines is 1. The summed E-state index contributed by atoms with van der Waals surface area (Å²) in [5.41, 5.74) is 2.32. The summed E-state index contributed by atoms with van der Waals surface area (Å²) < 4.78 is 5.77. The molecule has 0 unspecified atom stereocenters. The smallest absolute Gasteiger partial charge is 0.219 e. The molecule has 25 heavy (non-hydrogen) atoms. The van der Waals surface area contributed by atoms with E-state index in [0.29, 0.717) is 6.61 Å². The molecule has 0 aliphatic carbocycles. The number of hydrogen-bond acceptors (Lipinski definition) is 6. The van der Waals surface area contributed by atoms with Crippen molar-refractivity contribution in [1.82, 2.24) is 20.2 Å². The van der Waals surface area contributed by atoms with Crippen LogP contribution in [0.1, 0.15) is 11.3 Å². The van der Waals surface area contributed by atoms with Crippen LogP contribution in [0.15, 0.2) is 36.5 Å². The van der Waals surface area contributed by atoms with Gasteiger partial charge in [-0.15, -0.1) is 0 Å². The quantitative estimate of drug-likeness (QED) is 0.907. The summed E-state index contributed by atoms with van der Waals surface area (Å²) in [4.78, 5) is 14.0. The molecule has 4 heterocycles. The highest BCUT2D eigenvalue weighted by molar-refractivity contribution is 5.44. The first-order chi connectivity index (χ1) is 12.4. The normalized spacial score (nSPS) is 18.3. The maximum absolute atomic E-state index is 5.77. The molecule has 0 spiro atoms. The molecule has 0 aromatic carbocycles. The van der Waals surface area contributed by atoms with Crippen LogP contribution >= 0.6 is 0 Å². The molecule has 2 aromatic heterocycles. The van der Waals surface area contributed by atoms with Gasteiger partial charge in [0, 0.05) is 69.7 Å². The molecule has 6 nitrogen and oxygen atoms in total. The van der Waals surface area contributed by atoms with Crippen molar-refractivity contribution >= 4 is 5.82 Å². The van der Waals surface area contributed by atoms with Crippen molar-refractivity contribution in [2.75, 3.05) is 50.8 Å². The van der Waals surface area contributed by atoms with Gasteiger partial charge in [0.25, 0.3) is 0 Å². The number of rotatable bonds is 4. The Balaban J connectivity index is 1.32. The van der Waals surface area contributed by atoms with Crippen LogP contribution in [0.3, 0.4) is 0 Å². The molecule has 0 saturated carbocycles. The Morgan fingerprint density at radius 3 is 2.84 bits per heavy atom. The first-order valence-corrected chi connectivity index (χ1v) is 9.09. The second-order valence-electron chi connectivity index (χ2n) is 6.56. The van der Waals surface area contributed by atoms with Gasteiger partial charge in [0.05, 0.1) is 0 Å². The van der Waals surface area contributed by atoms with Gasteiger partial charge in [-0.1, -0.05) is 6.07 Å². The lowest BCUT2D eigenvalue weighted by Gasteiger charge is -2.35. The summed E-state index contributed by atoms with van der Waals surface area (Å²) in [6.45, 7) is 7.60. The van der Waals surface area contributed by atoms with Crippen molar-refractivity contribution in [3.05, 3.63) is 47.8 Å². The van der Waals surface area contributed by atoms with Crippen LogP contribution < -0.4 is 15.0 Å². The lowest BCUT2D eigenvalue weighted by Crippen LogP contribution is -2.47. The lowest BCUT2D eigenvalue weighted by atomic mass is 10.2. The van der Waals surface area contributed by atoms with Crippen LogP contribution in [-0.2, 0) is 13.0 Å². The highest BCUT2D eigenvalue weighted by Crippen LogP contribution is 2.23. The molecule has 0 radical (unpaired) electrons. The minimum absolute atomic E-state index is 0.685. The Labute approximate surface area is 148 Å². The lowest BCUT2D eigenvalue weighted by molar-refractivity contribution is 0.259. The van der Waals surface area contributed by atoms with Crippen molar-refractivity contribution in [1.29, 1.82) is 0 Å². The van der Waals surface area contributed by atoms with Gasteiger partial charge in [0.1, 0.15) is 12.4 Å². The predicted molar refractivity (Wildman–Crippen MR) is 98.0 cm³/mol. The summed E-state index contributed by atoms with van der Waals surface area (Å²) in [7, 11) is 0. The molecule has 4 rings (SSSR count). The first kappa shape index (κ1) is 16.3. The van der Waals surface area contributed by atoms with E-state index in [4.69, 9.17) is 9.72 Å². The molecule has 132 valence electrons. The zero-order valence-corrected chi connectivity index (χ0v) is 14.5. The van der Waals surface area contributed by atoms with E-state index in [-0.39, 0.29) is 0 Å². The molecule has 1 saturated heterocycles. The first-order valence-electron chi connectivity index (χ1n) is 9.09. The van der Waals surface area contributed by atoms with E-state index >= 15 is 0 Å². The molecule has 2 aliphatic heterocycles. The fourth-order valence-corrected chi connectivity index (χ4v) is 3.36. The zero-order chi connectivity index (χ0) is 16.9. The van der Waals surface area contributed by atoms with Crippen LogP contribution in [-0.4, -0.2) is 60.7 Å². The SMILES string of the molecule is c1ccc(CCN2CCN(c3ccc4c(n3)OCCNC4)CC2)nc1. The standard InChI is InChI=1S/C19H25N5O/c1-2-7-21-17(3-1)6-9-23-10-12-24(13-11-23)18-5-4-16-15-20-8-14-25-19(16)22-18/h1-5,7,20H,6,8-15H2. The van der Waals surface area contributed by atoms with Gasteiger partial charge in [0.15, 0.2) is 0 Å². The Morgan fingerprint density at radius 1 is 1.08 bits per heavy atom. The number of piperazine rings is 1. The summed E-state index contributed by atoms with van der Waals surface area (Å²) >= 11 is 0. The number of aromatic nitrogens is 2. The predicted octanol–water partition coefficient (Wildman–Crippen LogP) is 1.32. The fraction of sp³-hybridized carbons (Fsp3) is 0.474. The highest BCUT2D eigenvalue weighted by atomic mass is 16.5. The van der Waals surface area contributed by atoms with Crippen molar-refractivity contribution in [3.63, 3.8) is 0 Å². The average molecular weight is 339 g/mol. The number of nitrogens with one attached hydrogen (secondary N) is 1. The molecular weight excluding hydrogens is 314 g/mol. The third-order valence-electron chi connectivity index (χ3n) is 4.86. The molecular formula is C19H25N5O. The van der Waals surface area contributed by atoms with Crippen LogP contribution in [0.4, 0.5) is 5.82 Å². The molecule has 0 amide bonds. The Kier molecular flexibility index (Phi) is 5.09. The van der Waals surface area contributed by atoms with Crippen molar-refractivity contribution < 1.29 is 4.74 Å². The van der Waals surface area contributed by atoms with Crippen LogP contribution in [0, 0.1) is 0 Å². The van der Waals surface area contributed by atoms with Gasteiger partial charge in [-0.3, -0.25) is 9.88 Å². The molecule has 2 aliphatic rings. The minimum atomic E-state index is 0.685. The van der Waals surface area contributed by atoms with Gasteiger partial charge in [-0.05, 0) is 24.3 Å². The van der Waals surface area contributed by atoms with Gasteiger partial charge < -0.3 is 15.0 Å². The second kappa shape index (κ2) is 7.80. The Hall–Kier alpha value is -2.18. The van der Waals surface area contributed by atoms with Gasteiger partial charge >= 0.3 is 0 Å². The number of hydrogen-bond donors (Lipinski definition) is 1. The summed E-state index contributed by atoms with van der Waals surface area (Å²) in [5, 5.41) is 3.35. The number of fused-ring (bicyclic) bond motifs is 1. The zero-order valence-electron chi connectivity index (χ0n) is 14.5. The molecule has 0 atom stereocenters. The van der Waals surface area contributed by atoms with E-state index in [0.717, 1.165) is 69.5 Å². The average Bonchev–Trinajstić information content (AvgIpc) is 2.92. The van der Waals surface area contributed by atoms with E-state index in [1.54, 1.807) is 0 Å². The monoisotopic (exact) mass is 339 g/mol. The largest absolute Gasteiger partial charge is 0.476 e. The third kappa shape index (κ3) is 4.08. The van der Waals surface area contributed by atoms with Gasteiger partial charge in [0.2, 0.25) is 5.88 Å². The number of pyridine rings is 2. The molecule has 2 aromatic rings. The van der Waals surface area contributed by atoms with Crippen LogP contribution in [0.2, 0.25) is 0 Å². The maximum atomic E-state index is 5.77. The highest BCUT2D eigenvalue weighted by Gasteiger charge is 2.19. The second-order valence-corrected chi connectivity index (χ2v) is 6.56. The van der Waals surface area contributed by atoms with Crippen LogP contribution in [0.25, 0.3) is 0 Å². The van der Waals surface area contributed by atoms with Gasteiger partial charge in [-0.25, -0.2) is 0 Å². The molecule has 1 N–H and O–H groups in total. The van der Waals surface area contributed by atoms with Crippen molar-refractivity contribution in [2.45, 2.75) is 13.0 Å². The summed E-state index contributed by atoms with van der Waals surface area (Å²) in [6.07, 6.45) is 2.88. The van der Waals surface area contributed by atoms with Crippen molar-refractivity contribution in [2.24, 2.45) is 0 Å². The number of nitrogens with zero attached hydrogens (tertiary/aromatic N) is 4. The van der Waals surface area contributed by atoms with E-state index < -0.39 is 0 Å². The van der Waals surface area contributed by atoms with E-state index in [9.17, 15) is 0 Å². The van der Waals surface area contributed by atoms with Crippen LogP contribution in [0.5, 0.6) is 5.88 Å². The van der Waals surface area contributed by atoms with E-state index in [1.807, 2.05) is 12.3 Å². The Bertz CT molecular complexity index is 685. The third-order valence-corrected chi connectivity index (χ3v) is 4.86. The fourth-order valence-electron chi connectivity index (χ4n) is 3.36. The molecule has 0 bridgehead atoms. The maximum Gasteiger partial charge on any atom is 0.219 e. The topological polar surface area (TPSA) is 53.5 Å². The Morgan fingerprint density at radius 2 is 2.00 bits per heavy atom.